The van der Waals surface area contributed by atoms with Crippen LogP contribution in [0.15, 0.2) is 6.20 Å². The number of carbonyl (C=O) groups is 2. The lowest BCUT2D eigenvalue weighted by atomic mass is 9.88. The molecule has 0 aliphatic carbocycles. The number of carboxylic acids is 1. The molecule has 2 aliphatic heterocycles. The molecule has 3 N–H and O–H groups in total. The molecule has 9 heteroatoms. The fourth-order valence-corrected chi connectivity index (χ4v) is 2.61. The summed E-state index contributed by atoms with van der Waals surface area (Å²) < 4.78 is 6.72. The van der Waals surface area contributed by atoms with Gasteiger partial charge in [0, 0.05) is 26.3 Å². The van der Waals surface area contributed by atoms with Gasteiger partial charge in [-0.2, -0.15) is 0 Å². The van der Waals surface area contributed by atoms with E-state index in [0.29, 0.717) is 39.1 Å². The fourth-order valence-electron chi connectivity index (χ4n) is 2.61. The van der Waals surface area contributed by atoms with E-state index in [1.54, 1.807) is 4.90 Å². The van der Waals surface area contributed by atoms with Crippen molar-refractivity contribution >= 4 is 11.9 Å². The number of likely N-dealkylation sites (tertiary alicyclic amines) is 1. The Morgan fingerprint density at radius 1 is 1.38 bits per heavy atom. The Kier molecular flexibility index (Phi) is 3.38. The SMILES string of the molecule is NC1(C(=O)N2CC(n3cc(C(=O)O)nn3)C2)CCOCC1. The number of nitrogens with zero attached hydrogens (tertiary/aromatic N) is 4. The smallest absolute Gasteiger partial charge is 0.358 e. The van der Waals surface area contributed by atoms with E-state index in [1.165, 1.54) is 10.9 Å². The van der Waals surface area contributed by atoms with Gasteiger partial charge in [0.25, 0.3) is 0 Å². The molecule has 0 bridgehead atoms. The number of carboxylic acid groups (broad SMARTS) is 1. The first-order valence-corrected chi connectivity index (χ1v) is 6.81. The van der Waals surface area contributed by atoms with Crippen LogP contribution in [-0.4, -0.2) is 68.7 Å². The Bertz CT molecular complexity index is 560. The molecule has 1 aromatic rings. The number of amides is 1. The van der Waals surface area contributed by atoms with E-state index in [1.807, 2.05) is 0 Å². The molecule has 2 fully saturated rings. The number of hydrogen-bond acceptors (Lipinski definition) is 6. The molecule has 9 nitrogen and oxygen atoms in total. The minimum absolute atomic E-state index is 0.0435. The molecule has 21 heavy (non-hydrogen) atoms. The Morgan fingerprint density at radius 2 is 2.05 bits per heavy atom. The van der Waals surface area contributed by atoms with Crippen molar-refractivity contribution in [3.8, 4) is 0 Å². The molecule has 1 amide bonds. The molecule has 2 aliphatic rings. The van der Waals surface area contributed by atoms with Gasteiger partial charge in [0.1, 0.15) is 0 Å². The van der Waals surface area contributed by atoms with E-state index in [-0.39, 0.29) is 17.6 Å². The Labute approximate surface area is 120 Å². The lowest BCUT2D eigenvalue weighted by molar-refractivity contribution is -0.146. The number of hydrogen-bond donors (Lipinski definition) is 2. The van der Waals surface area contributed by atoms with Gasteiger partial charge in [-0.3, -0.25) is 4.79 Å². The highest BCUT2D eigenvalue weighted by atomic mass is 16.5. The predicted molar refractivity (Wildman–Crippen MR) is 69.6 cm³/mol. The summed E-state index contributed by atoms with van der Waals surface area (Å²) >= 11 is 0. The normalized spacial score (nSPS) is 21.9. The van der Waals surface area contributed by atoms with Crippen molar-refractivity contribution in [3.05, 3.63) is 11.9 Å². The van der Waals surface area contributed by atoms with E-state index in [2.05, 4.69) is 10.3 Å². The lowest BCUT2D eigenvalue weighted by Crippen LogP contribution is -2.63. The van der Waals surface area contributed by atoms with Crippen molar-refractivity contribution in [3.63, 3.8) is 0 Å². The van der Waals surface area contributed by atoms with Gasteiger partial charge >= 0.3 is 5.97 Å². The number of aromatic carboxylic acids is 1. The van der Waals surface area contributed by atoms with Gasteiger partial charge in [0.2, 0.25) is 5.91 Å². The van der Waals surface area contributed by atoms with Crippen molar-refractivity contribution in [2.75, 3.05) is 26.3 Å². The highest BCUT2D eigenvalue weighted by Crippen LogP contribution is 2.27. The molecule has 1 aromatic heterocycles. The highest BCUT2D eigenvalue weighted by Gasteiger charge is 2.43. The average molecular weight is 295 g/mol. The molecule has 0 aromatic carbocycles. The van der Waals surface area contributed by atoms with E-state index < -0.39 is 11.5 Å². The quantitative estimate of drug-likeness (QED) is 0.723. The molecule has 0 radical (unpaired) electrons. The Balaban J connectivity index is 1.59. The van der Waals surface area contributed by atoms with E-state index >= 15 is 0 Å². The zero-order valence-electron chi connectivity index (χ0n) is 11.4. The zero-order chi connectivity index (χ0) is 15.0. The second-order valence-electron chi connectivity index (χ2n) is 5.52. The van der Waals surface area contributed by atoms with Crippen molar-refractivity contribution in [2.24, 2.45) is 5.73 Å². The van der Waals surface area contributed by atoms with Crippen LogP contribution in [0, 0.1) is 0 Å². The van der Waals surface area contributed by atoms with Gasteiger partial charge < -0.3 is 20.5 Å². The molecule has 0 saturated carbocycles. The van der Waals surface area contributed by atoms with Crippen LogP contribution in [0.25, 0.3) is 0 Å². The number of ether oxygens (including phenoxy) is 1. The van der Waals surface area contributed by atoms with Crippen molar-refractivity contribution < 1.29 is 19.4 Å². The van der Waals surface area contributed by atoms with Crippen LogP contribution in [0.1, 0.15) is 29.4 Å². The van der Waals surface area contributed by atoms with Crippen molar-refractivity contribution in [2.45, 2.75) is 24.4 Å². The second kappa shape index (κ2) is 5.08. The maximum atomic E-state index is 12.4. The van der Waals surface area contributed by atoms with Crippen molar-refractivity contribution in [1.82, 2.24) is 19.9 Å². The van der Waals surface area contributed by atoms with Crippen LogP contribution < -0.4 is 5.73 Å². The van der Waals surface area contributed by atoms with Crippen LogP contribution >= 0.6 is 0 Å². The fraction of sp³-hybridized carbons (Fsp3) is 0.667. The molecule has 0 atom stereocenters. The van der Waals surface area contributed by atoms with Crippen molar-refractivity contribution in [1.29, 1.82) is 0 Å². The number of rotatable bonds is 3. The maximum Gasteiger partial charge on any atom is 0.358 e. The van der Waals surface area contributed by atoms with E-state index in [4.69, 9.17) is 15.6 Å². The molecular formula is C12H17N5O4. The van der Waals surface area contributed by atoms with Gasteiger partial charge in [0.15, 0.2) is 5.69 Å². The first kappa shape index (κ1) is 14.0. The first-order chi connectivity index (χ1) is 9.99. The Morgan fingerprint density at radius 3 is 2.62 bits per heavy atom. The summed E-state index contributed by atoms with van der Waals surface area (Å²) in [7, 11) is 0. The lowest BCUT2D eigenvalue weighted by Gasteiger charge is -2.44. The average Bonchev–Trinajstić information content (AvgIpc) is 2.87. The summed E-state index contributed by atoms with van der Waals surface area (Å²) in [5.74, 6) is -1.18. The summed E-state index contributed by atoms with van der Waals surface area (Å²) in [6.45, 7) is 1.96. The topological polar surface area (TPSA) is 124 Å². The molecular weight excluding hydrogens is 278 g/mol. The van der Waals surface area contributed by atoms with Gasteiger partial charge in [0.05, 0.1) is 17.8 Å². The third kappa shape index (κ3) is 2.49. The standard InChI is InChI=1S/C12H17N5O4/c13-12(1-3-21-4-2-12)11(20)16-5-8(6-16)17-7-9(10(18)19)14-15-17/h7-8H,1-6,13H2,(H,18,19). The Hall–Kier alpha value is -2.00. The third-order valence-corrected chi connectivity index (χ3v) is 4.06. The van der Waals surface area contributed by atoms with Crippen LogP contribution in [0.2, 0.25) is 0 Å². The third-order valence-electron chi connectivity index (χ3n) is 4.06. The molecule has 3 rings (SSSR count). The summed E-state index contributed by atoms with van der Waals surface area (Å²) in [5, 5.41) is 16.1. The minimum Gasteiger partial charge on any atom is -0.476 e. The van der Waals surface area contributed by atoms with E-state index in [9.17, 15) is 9.59 Å². The summed E-state index contributed by atoms with van der Waals surface area (Å²) in [6, 6.07) is -0.0435. The molecule has 0 spiro atoms. The van der Waals surface area contributed by atoms with Crippen LogP contribution in [-0.2, 0) is 9.53 Å². The summed E-state index contributed by atoms with van der Waals surface area (Å²) in [5.41, 5.74) is 5.22. The minimum atomic E-state index is -1.11. The number of aromatic nitrogens is 3. The second-order valence-corrected chi connectivity index (χ2v) is 5.52. The van der Waals surface area contributed by atoms with Crippen LogP contribution in [0.5, 0.6) is 0 Å². The number of nitrogens with two attached hydrogens (primary N) is 1. The molecule has 3 heterocycles. The molecule has 0 unspecified atom stereocenters. The maximum absolute atomic E-state index is 12.4. The summed E-state index contributed by atoms with van der Waals surface area (Å²) in [4.78, 5) is 24.8. The molecule has 2 saturated heterocycles. The number of carbonyl (C=O) groups excluding carboxylic acids is 1. The van der Waals surface area contributed by atoms with Gasteiger partial charge in [-0.15, -0.1) is 5.10 Å². The highest BCUT2D eigenvalue weighted by molar-refractivity contribution is 5.87. The zero-order valence-corrected chi connectivity index (χ0v) is 11.4. The van der Waals surface area contributed by atoms with Crippen LogP contribution in [0.3, 0.4) is 0 Å². The van der Waals surface area contributed by atoms with Gasteiger partial charge in [-0.25, -0.2) is 9.48 Å². The van der Waals surface area contributed by atoms with E-state index in [0.717, 1.165) is 0 Å². The monoisotopic (exact) mass is 295 g/mol. The predicted octanol–water partition coefficient (Wildman–Crippen LogP) is -1.13. The first-order valence-electron chi connectivity index (χ1n) is 6.81. The van der Waals surface area contributed by atoms with Gasteiger partial charge in [-0.1, -0.05) is 5.21 Å². The largest absolute Gasteiger partial charge is 0.476 e. The molecule has 114 valence electrons. The van der Waals surface area contributed by atoms with Crippen LogP contribution in [0.4, 0.5) is 0 Å². The summed E-state index contributed by atoms with van der Waals surface area (Å²) in [6.07, 6.45) is 2.43. The van der Waals surface area contributed by atoms with Gasteiger partial charge in [-0.05, 0) is 12.8 Å².